The maximum atomic E-state index is 11.6. The molecule has 4 nitrogen and oxygen atoms in total. The number of amides is 1. The fraction of sp³-hybridized carbons (Fsp3) is 0.632. The van der Waals surface area contributed by atoms with Gasteiger partial charge in [-0.15, -0.1) is 0 Å². The van der Waals surface area contributed by atoms with Crippen molar-refractivity contribution in [3.8, 4) is 0 Å². The monoisotopic (exact) mass is 318 g/mol. The Hall–Kier alpha value is -1.55. The predicted octanol–water partition coefficient (Wildman–Crippen LogP) is 3.92. The molecule has 2 unspecified atom stereocenters. The summed E-state index contributed by atoms with van der Waals surface area (Å²) in [6.45, 7) is 11.8. The number of rotatable bonds is 4. The second-order valence-corrected chi connectivity index (χ2v) is 7.81. The average molecular weight is 318 g/mol. The topological polar surface area (TPSA) is 43.8 Å². The summed E-state index contributed by atoms with van der Waals surface area (Å²) < 4.78 is 0. The van der Waals surface area contributed by atoms with Crippen LogP contribution in [0.25, 0.3) is 0 Å². The molecule has 1 saturated heterocycles. The molecule has 1 aromatic rings. The maximum Gasteiger partial charge on any atom is 0.407 e. The van der Waals surface area contributed by atoms with Crippen molar-refractivity contribution in [3.63, 3.8) is 0 Å². The van der Waals surface area contributed by atoms with E-state index in [1.807, 2.05) is 26.8 Å². The van der Waals surface area contributed by atoms with Crippen molar-refractivity contribution in [2.45, 2.75) is 46.2 Å². The van der Waals surface area contributed by atoms with Gasteiger partial charge in [0.05, 0.1) is 0 Å². The molecule has 128 valence electrons. The van der Waals surface area contributed by atoms with E-state index in [-0.39, 0.29) is 5.54 Å². The lowest BCUT2D eigenvalue weighted by Gasteiger charge is -2.42. The van der Waals surface area contributed by atoms with Crippen molar-refractivity contribution in [1.29, 1.82) is 0 Å². The average Bonchev–Trinajstić information content (AvgIpc) is 2.47. The highest BCUT2D eigenvalue weighted by atomic mass is 16.4. The van der Waals surface area contributed by atoms with Gasteiger partial charge < -0.3 is 10.0 Å². The van der Waals surface area contributed by atoms with E-state index in [2.05, 4.69) is 36.1 Å². The van der Waals surface area contributed by atoms with Gasteiger partial charge in [-0.1, -0.05) is 37.3 Å². The van der Waals surface area contributed by atoms with Crippen LogP contribution in [0.5, 0.6) is 0 Å². The summed E-state index contributed by atoms with van der Waals surface area (Å²) in [5.74, 6) is 0.953. The molecule has 0 bridgehead atoms. The summed E-state index contributed by atoms with van der Waals surface area (Å²) in [6, 6.07) is 10.5. The fourth-order valence-electron chi connectivity index (χ4n) is 3.32. The van der Waals surface area contributed by atoms with Gasteiger partial charge in [0.1, 0.15) is 0 Å². The largest absolute Gasteiger partial charge is 0.465 e. The lowest BCUT2D eigenvalue weighted by molar-refractivity contribution is 0.0506. The Bertz CT molecular complexity index is 510. The molecular formula is C19H30N2O2. The lowest BCUT2D eigenvalue weighted by Crippen LogP contribution is -2.51. The summed E-state index contributed by atoms with van der Waals surface area (Å²) in [5, 5.41) is 9.54. The quantitative estimate of drug-likeness (QED) is 0.915. The van der Waals surface area contributed by atoms with Gasteiger partial charge in [-0.2, -0.15) is 0 Å². The zero-order valence-electron chi connectivity index (χ0n) is 14.8. The van der Waals surface area contributed by atoms with Gasteiger partial charge in [0.2, 0.25) is 0 Å². The minimum Gasteiger partial charge on any atom is -0.465 e. The van der Waals surface area contributed by atoms with Gasteiger partial charge >= 0.3 is 6.09 Å². The Labute approximate surface area is 140 Å². The first-order chi connectivity index (χ1) is 10.8. The fourth-order valence-corrected chi connectivity index (χ4v) is 3.32. The van der Waals surface area contributed by atoms with Crippen LogP contribution in [-0.2, 0) is 6.54 Å². The molecule has 1 aromatic carbocycles. The minimum absolute atomic E-state index is 0.354. The Morgan fingerprint density at radius 2 is 1.96 bits per heavy atom. The smallest absolute Gasteiger partial charge is 0.407 e. The van der Waals surface area contributed by atoms with E-state index >= 15 is 0 Å². The van der Waals surface area contributed by atoms with Gasteiger partial charge in [0.25, 0.3) is 0 Å². The molecule has 1 heterocycles. The molecule has 1 aliphatic heterocycles. The molecule has 0 radical (unpaired) electrons. The summed E-state index contributed by atoms with van der Waals surface area (Å²) in [7, 11) is 0. The Morgan fingerprint density at radius 1 is 1.30 bits per heavy atom. The molecule has 0 aromatic heterocycles. The normalized spacial score (nSPS) is 22.8. The molecule has 0 aliphatic carbocycles. The van der Waals surface area contributed by atoms with E-state index in [9.17, 15) is 9.90 Å². The first kappa shape index (κ1) is 17.8. The second-order valence-electron chi connectivity index (χ2n) is 7.81. The van der Waals surface area contributed by atoms with Crippen LogP contribution in [0.3, 0.4) is 0 Å². The number of benzene rings is 1. The van der Waals surface area contributed by atoms with E-state index in [1.165, 1.54) is 5.56 Å². The molecule has 2 atom stereocenters. The lowest BCUT2D eigenvalue weighted by atomic mass is 9.85. The van der Waals surface area contributed by atoms with Crippen LogP contribution in [0.15, 0.2) is 30.3 Å². The number of piperidine rings is 1. The summed E-state index contributed by atoms with van der Waals surface area (Å²) in [6.07, 6.45) is 0.319. The first-order valence-corrected chi connectivity index (χ1v) is 8.54. The van der Waals surface area contributed by atoms with Crippen molar-refractivity contribution in [1.82, 2.24) is 9.80 Å². The highest BCUT2D eigenvalue weighted by Gasteiger charge is 2.33. The van der Waals surface area contributed by atoms with Crippen molar-refractivity contribution < 1.29 is 9.90 Å². The Morgan fingerprint density at radius 3 is 2.52 bits per heavy atom. The summed E-state index contributed by atoms with van der Waals surface area (Å²) in [4.78, 5) is 15.7. The predicted molar refractivity (Wildman–Crippen MR) is 93.5 cm³/mol. The van der Waals surface area contributed by atoms with Gasteiger partial charge in [-0.05, 0) is 51.1 Å². The summed E-state index contributed by atoms with van der Waals surface area (Å²) in [5.41, 5.74) is 0.972. The molecule has 2 rings (SSSR count). The van der Waals surface area contributed by atoms with Crippen LogP contribution in [0.4, 0.5) is 4.79 Å². The van der Waals surface area contributed by atoms with E-state index < -0.39 is 6.09 Å². The molecule has 0 spiro atoms. The van der Waals surface area contributed by atoms with Gasteiger partial charge in [-0.25, -0.2) is 4.79 Å². The van der Waals surface area contributed by atoms with Gasteiger partial charge in [0, 0.05) is 25.2 Å². The van der Waals surface area contributed by atoms with Crippen LogP contribution in [0, 0.1) is 11.8 Å². The summed E-state index contributed by atoms with van der Waals surface area (Å²) >= 11 is 0. The highest BCUT2D eigenvalue weighted by molar-refractivity contribution is 5.66. The van der Waals surface area contributed by atoms with Crippen molar-refractivity contribution in [2.24, 2.45) is 11.8 Å². The number of hydrogen-bond donors (Lipinski definition) is 1. The standard InChI is InChI=1S/C19H30N2O2/c1-15-10-11-20(12-16-8-6-5-7-9-16)13-17(15)14-21(18(22)23)19(2,3)4/h5-9,15,17H,10-14H2,1-4H3,(H,22,23). The van der Waals surface area contributed by atoms with Crippen molar-refractivity contribution in [2.75, 3.05) is 19.6 Å². The Balaban J connectivity index is 2.01. The molecule has 23 heavy (non-hydrogen) atoms. The third-order valence-corrected chi connectivity index (χ3v) is 4.90. The van der Waals surface area contributed by atoms with E-state index in [0.717, 1.165) is 26.1 Å². The second kappa shape index (κ2) is 7.35. The molecule has 1 amide bonds. The van der Waals surface area contributed by atoms with Crippen LogP contribution in [0.2, 0.25) is 0 Å². The van der Waals surface area contributed by atoms with Crippen LogP contribution in [0.1, 0.15) is 39.7 Å². The third kappa shape index (κ3) is 4.96. The van der Waals surface area contributed by atoms with Crippen LogP contribution >= 0.6 is 0 Å². The van der Waals surface area contributed by atoms with Crippen LogP contribution < -0.4 is 0 Å². The number of carbonyl (C=O) groups is 1. The molecule has 1 fully saturated rings. The van der Waals surface area contributed by atoms with Gasteiger partial charge in [-0.3, -0.25) is 4.90 Å². The number of hydrogen-bond acceptors (Lipinski definition) is 2. The molecule has 4 heteroatoms. The van der Waals surface area contributed by atoms with E-state index in [4.69, 9.17) is 0 Å². The number of likely N-dealkylation sites (tertiary alicyclic amines) is 1. The number of carboxylic acid groups (broad SMARTS) is 1. The number of nitrogens with zero attached hydrogens (tertiary/aromatic N) is 2. The minimum atomic E-state index is -0.815. The van der Waals surface area contributed by atoms with E-state index in [0.29, 0.717) is 18.4 Å². The van der Waals surface area contributed by atoms with Crippen LogP contribution in [-0.4, -0.2) is 46.2 Å². The molecule has 1 N–H and O–H groups in total. The highest BCUT2D eigenvalue weighted by Crippen LogP contribution is 2.27. The maximum absolute atomic E-state index is 11.6. The van der Waals surface area contributed by atoms with E-state index in [1.54, 1.807) is 4.90 Å². The zero-order chi connectivity index (χ0) is 17.0. The zero-order valence-corrected chi connectivity index (χ0v) is 14.8. The molecule has 1 aliphatic rings. The third-order valence-electron chi connectivity index (χ3n) is 4.90. The molecule has 0 saturated carbocycles. The SMILES string of the molecule is CC1CCN(Cc2ccccc2)CC1CN(C(=O)O)C(C)(C)C. The van der Waals surface area contributed by atoms with Crippen molar-refractivity contribution >= 4 is 6.09 Å². The van der Waals surface area contributed by atoms with Gasteiger partial charge in [0.15, 0.2) is 0 Å². The molecular weight excluding hydrogens is 288 g/mol. The van der Waals surface area contributed by atoms with Crippen molar-refractivity contribution in [3.05, 3.63) is 35.9 Å². The Kier molecular flexibility index (Phi) is 5.69. The first-order valence-electron chi connectivity index (χ1n) is 8.54.